The molecule has 2 aromatic rings. The summed E-state index contributed by atoms with van der Waals surface area (Å²) in [6.07, 6.45) is -0.928. The lowest BCUT2D eigenvalue weighted by Gasteiger charge is -2.49. The van der Waals surface area contributed by atoms with E-state index >= 15 is 0 Å². The molecule has 2 amide bonds. The molecular weight excluding hydrogens is 496 g/mol. The second kappa shape index (κ2) is 8.40. The molecule has 0 bridgehead atoms. The van der Waals surface area contributed by atoms with E-state index in [9.17, 15) is 44.7 Å². The Morgan fingerprint density at radius 3 is 2.34 bits per heavy atom. The molecule has 38 heavy (non-hydrogen) atoms. The topological polar surface area (TPSA) is 221 Å². The fraction of sp³-hybridized carbons (Fsp3) is 0.185. The van der Waals surface area contributed by atoms with Gasteiger partial charge in [-0.25, -0.2) is 0 Å². The Morgan fingerprint density at radius 2 is 1.68 bits per heavy atom. The number of benzene rings is 2. The molecule has 0 saturated heterocycles. The first-order valence-corrected chi connectivity index (χ1v) is 11.5. The number of primary amides is 2. The number of rotatable bonds is 3. The van der Waals surface area contributed by atoms with Gasteiger partial charge in [0.15, 0.2) is 11.4 Å². The summed E-state index contributed by atoms with van der Waals surface area (Å²) < 4.78 is 0. The summed E-state index contributed by atoms with van der Waals surface area (Å²) in [4.78, 5) is 50.0. The van der Waals surface area contributed by atoms with E-state index in [1.807, 2.05) is 0 Å². The number of aliphatic hydroxyl groups excluding tert-OH is 3. The zero-order valence-corrected chi connectivity index (χ0v) is 19.6. The number of carbonyl (C=O) groups is 4. The van der Waals surface area contributed by atoms with E-state index in [1.165, 1.54) is 36.4 Å². The minimum atomic E-state index is -2.95. The predicted octanol–water partition coefficient (Wildman–Crippen LogP) is 0.492. The van der Waals surface area contributed by atoms with E-state index in [1.54, 1.807) is 12.1 Å². The van der Waals surface area contributed by atoms with Crippen LogP contribution in [0, 0.1) is 11.8 Å². The number of carbonyl (C=O) groups excluding carboxylic acids is 4. The minimum absolute atomic E-state index is 0.173. The second-order valence-corrected chi connectivity index (χ2v) is 9.44. The van der Waals surface area contributed by atoms with E-state index in [0.717, 1.165) is 0 Å². The zero-order valence-electron chi connectivity index (χ0n) is 19.6. The van der Waals surface area contributed by atoms with Gasteiger partial charge >= 0.3 is 0 Å². The normalized spacial score (nSPS) is 27.6. The van der Waals surface area contributed by atoms with E-state index < -0.39 is 81.8 Å². The van der Waals surface area contributed by atoms with Gasteiger partial charge in [0.2, 0.25) is 11.7 Å². The van der Waals surface area contributed by atoms with Crippen LogP contribution in [-0.4, -0.2) is 60.6 Å². The first-order chi connectivity index (χ1) is 17.9. The molecule has 0 heterocycles. The van der Waals surface area contributed by atoms with Crippen LogP contribution in [0.1, 0.15) is 33.5 Å². The zero-order chi connectivity index (χ0) is 27.7. The Kier molecular flexibility index (Phi) is 5.51. The molecule has 2 aromatic carbocycles. The third kappa shape index (κ3) is 3.29. The SMILES string of the molecule is NC(=O)C1=C(O)C2(O)C(=O)C3=C(O)c4c(O)cccc4/C(=C\c4cccc(C(N)=O)c4)C3C(O)C2CC1=O. The van der Waals surface area contributed by atoms with Crippen molar-refractivity contribution in [3.05, 3.63) is 81.6 Å². The van der Waals surface area contributed by atoms with Gasteiger partial charge in [-0.15, -0.1) is 0 Å². The third-order valence-corrected chi connectivity index (χ3v) is 7.39. The van der Waals surface area contributed by atoms with Gasteiger partial charge in [-0.05, 0) is 34.9 Å². The van der Waals surface area contributed by atoms with Gasteiger partial charge in [-0.1, -0.05) is 30.3 Å². The van der Waals surface area contributed by atoms with Crippen LogP contribution in [0.3, 0.4) is 0 Å². The fourth-order valence-electron chi connectivity index (χ4n) is 5.65. The van der Waals surface area contributed by atoms with Crippen LogP contribution in [-0.2, 0) is 14.4 Å². The summed E-state index contributed by atoms with van der Waals surface area (Å²) in [5, 5.41) is 55.4. The van der Waals surface area contributed by atoms with Gasteiger partial charge in [0, 0.05) is 23.8 Å². The number of nitrogens with two attached hydrogens (primary N) is 2. The van der Waals surface area contributed by atoms with Crippen LogP contribution in [0.2, 0.25) is 0 Å². The lowest BCUT2D eigenvalue weighted by atomic mass is 9.56. The molecule has 1 fully saturated rings. The van der Waals surface area contributed by atoms with Crippen molar-refractivity contribution in [2.75, 3.05) is 0 Å². The molecule has 11 nitrogen and oxygen atoms in total. The maximum Gasteiger partial charge on any atom is 0.255 e. The van der Waals surface area contributed by atoms with Gasteiger partial charge in [-0.3, -0.25) is 19.2 Å². The number of phenols is 1. The van der Waals surface area contributed by atoms with Crippen LogP contribution in [0.5, 0.6) is 5.75 Å². The van der Waals surface area contributed by atoms with E-state index in [-0.39, 0.29) is 22.3 Å². The summed E-state index contributed by atoms with van der Waals surface area (Å²) in [7, 11) is 0. The number of hydrogen-bond acceptors (Lipinski definition) is 9. The summed E-state index contributed by atoms with van der Waals surface area (Å²) in [6, 6.07) is 10.4. The lowest BCUT2D eigenvalue weighted by Crippen LogP contribution is -2.63. The number of phenolic OH excluding ortho intramolecular Hbond substituents is 1. The molecule has 5 rings (SSSR count). The number of amides is 2. The molecule has 0 aliphatic heterocycles. The van der Waals surface area contributed by atoms with Crippen LogP contribution >= 0.6 is 0 Å². The van der Waals surface area contributed by atoms with Crippen LogP contribution < -0.4 is 11.5 Å². The Balaban J connectivity index is 1.81. The van der Waals surface area contributed by atoms with Crippen molar-refractivity contribution in [3.8, 4) is 5.75 Å². The summed E-state index contributed by atoms with van der Waals surface area (Å²) >= 11 is 0. The Morgan fingerprint density at radius 1 is 1.00 bits per heavy atom. The summed E-state index contributed by atoms with van der Waals surface area (Å²) in [5.74, 6) is -9.74. The first-order valence-electron chi connectivity index (χ1n) is 11.5. The number of fused-ring (bicyclic) bond motifs is 3. The molecule has 3 aliphatic carbocycles. The predicted molar refractivity (Wildman–Crippen MR) is 132 cm³/mol. The van der Waals surface area contributed by atoms with Gasteiger partial charge in [0.25, 0.3) is 5.91 Å². The molecule has 0 aromatic heterocycles. The van der Waals surface area contributed by atoms with Crippen molar-refractivity contribution in [2.24, 2.45) is 23.3 Å². The average Bonchev–Trinajstić information content (AvgIpc) is 2.86. The highest BCUT2D eigenvalue weighted by atomic mass is 16.4. The lowest BCUT2D eigenvalue weighted by molar-refractivity contribution is -0.157. The largest absolute Gasteiger partial charge is 0.508 e. The molecule has 4 atom stereocenters. The van der Waals surface area contributed by atoms with Crippen LogP contribution in [0.25, 0.3) is 17.4 Å². The van der Waals surface area contributed by atoms with E-state index in [2.05, 4.69) is 0 Å². The van der Waals surface area contributed by atoms with Crippen LogP contribution in [0.4, 0.5) is 0 Å². The maximum absolute atomic E-state index is 13.8. The maximum atomic E-state index is 13.8. The molecule has 194 valence electrons. The second-order valence-electron chi connectivity index (χ2n) is 9.44. The highest BCUT2D eigenvalue weighted by Crippen LogP contribution is 2.55. The standard InChI is InChI=1S/C27H22N2O9/c28-25(36)11-4-1-3-10(7-11)8-13-12-5-2-6-15(30)17(12)22(33)20-18(13)21(32)14-9-16(31)19(26(29)37)23(34)27(14,38)24(20)35/h1-8,14,18,21,30,32-34,38H,9H2,(H2,28,36)(H2,29,37)/b13-8+. The van der Waals surface area contributed by atoms with Crippen molar-refractivity contribution in [1.82, 2.24) is 0 Å². The Hall–Kier alpha value is -4.74. The molecule has 0 spiro atoms. The number of aromatic hydroxyl groups is 1. The van der Waals surface area contributed by atoms with Crippen molar-refractivity contribution in [2.45, 2.75) is 18.1 Å². The summed E-state index contributed by atoms with van der Waals surface area (Å²) in [6.45, 7) is 0. The molecule has 1 saturated carbocycles. The Bertz CT molecular complexity index is 1570. The van der Waals surface area contributed by atoms with Crippen molar-refractivity contribution >= 4 is 40.8 Å². The van der Waals surface area contributed by atoms with Gasteiger partial charge in [0.05, 0.1) is 17.2 Å². The molecule has 9 N–H and O–H groups in total. The monoisotopic (exact) mass is 518 g/mol. The molecule has 3 aliphatic rings. The number of aliphatic hydroxyl groups is 4. The van der Waals surface area contributed by atoms with Gasteiger partial charge < -0.3 is 37.0 Å². The highest BCUT2D eigenvalue weighted by molar-refractivity contribution is 6.23. The third-order valence-electron chi connectivity index (χ3n) is 7.39. The van der Waals surface area contributed by atoms with Crippen LogP contribution in [0.15, 0.2) is 59.4 Å². The van der Waals surface area contributed by atoms with E-state index in [4.69, 9.17) is 11.5 Å². The highest BCUT2D eigenvalue weighted by Gasteiger charge is 2.64. The van der Waals surface area contributed by atoms with Crippen molar-refractivity contribution in [1.29, 1.82) is 0 Å². The number of ketones is 2. The van der Waals surface area contributed by atoms with Gasteiger partial charge in [-0.2, -0.15) is 0 Å². The Labute approximate surface area is 214 Å². The number of hydrogen-bond donors (Lipinski definition) is 7. The van der Waals surface area contributed by atoms with Crippen molar-refractivity contribution in [3.63, 3.8) is 0 Å². The quantitative estimate of drug-likeness (QED) is 0.281. The average molecular weight is 518 g/mol. The smallest absolute Gasteiger partial charge is 0.255 e. The molecular formula is C27H22N2O9. The first kappa shape index (κ1) is 24.9. The number of Topliss-reactive ketones (excluding diaryl/α,β-unsaturated/α-hetero) is 2. The molecule has 0 radical (unpaired) electrons. The molecule has 4 unspecified atom stereocenters. The summed E-state index contributed by atoms with van der Waals surface area (Å²) in [5.41, 5.74) is 6.97. The minimum Gasteiger partial charge on any atom is -0.508 e. The van der Waals surface area contributed by atoms with E-state index in [0.29, 0.717) is 5.56 Å². The van der Waals surface area contributed by atoms with Gasteiger partial charge in [0.1, 0.15) is 22.8 Å². The fourth-order valence-corrected chi connectivity index (χ4v) is 5.65. The van der Waals surface area contributed by atoms with Crippen molar-refractivity contribution < 1.29 is 44.7 Å². The molecule has 11 heteroatoms.